The second kappa shape index (κ2) is 60.4. The van der Waals surface area contributed by atoms with Crippen molar-refractivity contribution in [3.8, 4) is 0 Å². The van der Waals surface area contributed by atoms with Gasteiger partial charge >= 0.3 is 19.8 Å². The van der Waals surface area contributed by atoms with Gasteiger partial charge in [0.15, 0.2) is 6.10 Å². The normalized spacial score (nSPS) is 13.6. The van der Waals surface area contributed by atoms with E-state index in [0.29, 0.717) is 6.42 Å². The van der Waals surface area contributed by atoms with Crippen molar-refractivity contribution in [3.05, 3.63) is 85.1 Å². The van der Waals surface area contributed by atoms with Crippen molar-refractivity contribution >= 4 is 19.8 Å². The molecule has 0 aromatic rings. The summed E-state index contributed by atoms with van der Waals surface area (Å²) in [5.74, 6) is -0.823. The van der Waals surface area contributed by atoms with E-state index in [9.17, 15) is 19.0 Å². The Morgan fingerprint density at radius 2 is 0.733 bits per heavy atom. The highest BCUT2D eigenvalue weighted by molar-refractivity contribution is 7.47. The zero-order valence-corrected chi connectivity index (χ0v) is 49.4. The van der Waals surface area contributed by atoms with Crippen LogP contribution in [0.2, 0.25) is 0 Å². The zero-order valence-electron chi connectivity index (χ0n) is 48.5. The number of esters is 2. The van der Waals surface area contributed by atoms with E-state index in [1.165, 1.54) is 173 Å². The molecule has 9 nitrogen and oxygen atoms in total. The highest BCUT2D eigenvalue weighted by Crippen LogP contribution is 2.43. The third-order valence-electron chi connectivity index (χ3n) is 13.3. The largest absolute Gasteiger partial charge is 0.472 e. The Morgan fingerprint density at radius 3 is 1.11 bits per heavy atom. The Morgan fingerprint density at radius 1 is 0.413 bits per heavy atom. The molecule has 2 unspecified atom stereocenters. The lowest BCUT2D eigenvalue weighted by Gasteiger charge is -2.19. The van der Waals surface area contributed by atoms with Crippen LogP contribution in [0.5, 0.6) is 0 Å². The second-order valence-electron chi connectivity index (χ2n) is 20.5. The molecule has 0 aliphatic carbocycles. The van der Waals surface area contributed by atoms with Crippen molar-refractivity contribution in [2.24, 2.45) is 5.73 Å². The first-order chi connectivity index (χ1) is 36.8. The molecule has 0 aromatic carbocycles. The third-order valence-corrected chi connectivity index (χ3v) is 14.2. The summed E-state index contributed by atoms with van der Waals surface area (Å²) in [4.78, 5) is 35.2. The summed E-state index contributed by atoms with van der Waals surface area (Å²) in [5, 5.41) is 0. The summed E-state index contributed by atoms with van der Waals surface area (Å²) in [5.41, 5.74) is 5.39. The van der Waals surface area contributed by atoms with Crippen molar-refractivity contribution < 1.29 is 37.6 Å². The van der Waals surface area contributed by atoms with Gasteiger partial charge in [-0.3, -0.25) is 18.6 Å². The van der Waals surface area contributed by atoms with Crippen LogP contribution in [-0.2, 0) is 32.7 Å². The number of hydrogen-bond donors (Lipinski definition) is 2. The second-order valence-corrected chi connectivity index (χ2v) is 22.0. The maximum atomic E-state index is 12.7. The van der Waals surface area contributed by atoms with E-state index in [4.69, 9.17) is 24.3 Å². The average molecular weight is 1070 g/mol. The Labute approximate surface area is 462 Å². The molecule has 0 aliphatic rings. The van der Waals surface area contributed by atoms with Gasteiger partial charge in [-0.1, -0.05) is 266 Å². The first-order valence-electron chi connectivity index (χ1n) is 31.1. The molecule has 0 saturated carbocycles. The molecule has 0 aromatic heterocycles. The van der Waals surface area contributed by atoms with Gasteiger partial charge in [-0.25, -0.2) is 4.57 Å². The van der Waals surface area contributed by atoms with Gasteiger partial charge in [-0.05, 0) is 89.9 Å². The lowest BCUT2D eigenvalue weighted by molar-refractivity contribution is -0.161. The van der Waals surface area contributed by atoms with Crippen LogP contribution >= 0.6 is 7.82 Å². The number of carbonyl (C=O) groups is 2. The minimum Gasteiger partial charge on any atom is -0.462 e. The van der Waals surface area contributed by atoms with E-state index in [1.54, 1.807) is 0 Å². The van der Waals surface area contributed by atoms with Crippen LogP contribution in [0.4, 0.5) is 0 Å². The summed E-state index contributed by atoms with van der Waals surface area (Å²) in [6, 6.07) is 0. The standard InChI is InChI=1S/C65H116NO8P/c1-3-5-7-9-11-13-15-17-19-21-23-24-25-26-27-28-29-30-31-32-33-34-35-36-37-38-40-42-44-46-48-50-52-54-56-58-65(68)74-63(62-73-75(69,70)72-60-59-66)61-71-64(67)57-55-53-51-49-47-45-43-41-39-22-20-18-16-14-12-10-8-6-4-2/h5,7,11,13,17-20,23-24,26-27,29-30,63H,3-4,6,8-10,12,14-16,21-22,25,28,31-62,66H2,1-2H3,(H,69,70)/b7-5-,13-11-,19-17-,20-18-,24-23-,27-26-,30-29-. The summed E-state index contributed by atoms with van der Waals surface area (Å²) >= 11 is 0. The number of carbonyl (C=O) groups excluding carboxylic acids is 2. The fourth-order valence-electron chi connectivity index (χ4n) is 8.69. The van der Waals surface area contributed by atoms with Crippen LogP contribution in [0, 0.1) is 0 Å². The molecule has 2 atom stereocenters. The van der Waals surface area contributed by atoms with E-state index in [1.807, 2.05) is 0 Å². The predicted octanol–water partition coefficient (Wildman–Crippen LogP) is 19.9. The molecule has 0 radical (unpaired) electrons. The van der Waals surface area contributed by atoms with E-state index in [2.05, 4.69) is 98.9 Å². The van der Waals surface area contributed by atoms with E-state index in [-0.39, 0.29) is 38.6 Å². The molecule has 0 amide bonds. The molecular weight excluding hydrogens is 954 g/mol. The van der Waals surface area contributed by atoms with Crippen LogP contribution in [0.1, 0.15) is 284 Å². The fraction of sp³-hybridized carbons (Fsp3) is 0.754. The van der Waals surface area contributed by atoms with Crippen molar-refractivity contribution in [3.63, 3.8) is 0 Å². The number of rotatable bonds is 58. The topological polar surface area (TPSA) is 134 Å². The van der Waals surface area contributed by atoms with Crippen molar-refractivity contribution in [1.82, 2.24) is 0 Å². The molecule has 3 N–H and O–H groups in total. The molecule has 10 heteroatoms. The van der Waals surface area contributed by atoms with E-state index >= 15 is 0 Å². The summed E-state index contributed by atoms with van der Waals surface area (Å²) in [6.45, 7) is 3.65. The first kappa shape index (κ1) is 72.2. The molecule has 0 aliphatic heterocycles. The lowest BCUT2D eigenvalue weighted by atomic mass is 10.0. The fourth-order valence-corrected chi connectivity index (χ4v) is 9.46. The van der Waals surface area contributed by atoms with Gasteiger partial charge in [0.1, 0.15) is 6.61 Å². The molecule has 0 rings (SSSR count). The monoisotopic (exact) mass is 1070 g/mol. The molecular formula is C65H116NO8P. The van der Waals surface area contributed by atoms with E-state index < -0.39 is 26.5 Å². The van der Waals surface area contributed by atoms with Crippen molar-refractivity contribution in [2.75, 3.05) is 26.4 Å². The SMILES string of the molecule is CC/C=C\C/C=C\C/C=C\C/C=C\C/C=C\C/C=C\CCCCCCCCCCCCCCCCCCC(=O)OC(COC(=O)CCCCCCCCCCC/C=C\CCCCCCCC)COP(=O)(O)OCCN. The third kappa shape index (κ3) is 60.3. The average Bonchev–Trinajstić information content (AvgIpc) is 3.40. The van der Waals surface area contributed by atoms with Crippen LogP contribution in [0.25, 0.3) is 0 Å². The van der Waals surface area contributed by atoms with Crippen LogP contribution < -0.4 is 5.73 Å². The maximum Gasteiger partial charge on any atom is 0.472 e. The quantitative estimate of drug-likeness (QED) is 0.0264. The van der Waals surface area contributed by atoms with Crippen LogP contribution in [0.15, 0.2) is 85.1 Å². The number of unbranched alkanes of at least 4 members (excludes halogenated alkanes) is 31. The van der Waals surface area contributed by atoms with Gasteiger partial charge in [0, 0.05) is 19.4 Å². The van der Waals surface area contributed by atoms with Crippen molar-refractivity contribution in [2.45, 2.75) is 290 Å². The van der Waals surface area contributed by atoms with Gasteiger partial charge in [-0.2, -0.15) is 0 Å². The predicted molar refractivity (Wildman–Crippen MR) is 321 cm³/mol. The number of phosphoric ester groups is 1. The molecule has 0 spiro atoms. The number of ether oxygens (including phenoxy) is 2. The summed E-state index contributed by atoms with van der Waals surface area (Å²) in [7, 11) is -4.39. The molecule has 0 bridgehead atoms. The van der Waals surface area contributed by atoms with Crippen LogP contribution in [0.3, 0.4) is 0 Å². The Hall–Kier alpha value is -2.81. The molecule has 75 heavy (non-hydrogen) atoms. The van der Waals surface area contributed by atoms with Crippen molar-refractivity contribution in [1.29, 1.82) is 0 Å². The zero-order chi connectivity index (χ0) is 54.5. The highest BCUT2D eigenvalue weighted by atomic mass is 31.2. The Kier molecular flexibility index (Phi) is 58.2. The number of phosphoric acid groups is 1. The number of hydrogen-bond acceptors (Lipinski definition) is 8. The van der Waals surface area contributed by atoms with Gasteiger partial charge in [0.2, 0.25) is 0 Å². The Balaban J connectivity index is 3.90. The minimum absolute atomic E-state index is 0.0518. The molecule has 0 fully saturated rings. The van der Waals surface area contributed by atoms with Crippen LogP contribution in [-0.4, -0.2) is 49.3 Å². The minimum atomic E-state index is -4.39. The summed E-state index contributed by atoms with van der Waals surface area (Å²) < 4.78 is 33.1. The van der Waals surface area contributed by atoms with Gasteiger partial charge < -0.3 is 20.1 Å². The maximum absolute atomic E-state index is 12.7. The van der Waals surface area contributed by atoms with Gasteiger partial charge in [0.25, 0.3) is 0 Å². The molecule has 0 saturated heterocycles. The van der Waals surface area contributed by atoms with Gasteiger partial charge in [0.05, 0.1) is 13.2 Å². The van der Waals surface area contributed by atoms with Gasteiger partial charge in [-0.15, -0.1) is 0 Å². The van der Waals surface area contributed by atoms with E-state index in [0.717, 1.165) is 77.0 Å². The lowest BCUT2D eigenvalue weighted by Crippen LogP contribution is -2.29. The first-order valence-corrected chi connectivity index (χ1v) is 32.6. The number of allylic oxidation sites excluding steroid dienone is 14. The Bertz CT molecular complexity index is 1500. The molecule has 434 valence electrons. The summed E-state index contributed by atoms with van der Waals surface area (Å²) in [6.07, 6.45) is 79.3. The highest BCUT2D eigenvalue weighted by Gasteiger charge is 2.26. The number of nitrogens with two attached hydrogens (primary N) is 1. The smallest absolute Gasteiger partial charge is 0.462 e. The molecule has 0 heterocycles.